The number of nitrogens with zero attached hydrogens (tertiary/aromatic N) is 3. The Hall–Kier alpha value is -2.36. The molecule has 0 saturated heterocycles. The van der Waals surface area contributed by atoms with Gasteiger partial charge in [-0.25, -0.2) is 4.98 Å². The number of nitriles is 1. The Balaban J connectivity index is 2.01. The van der Waals surface area contributed by atoms with Gasteiger partial charge in [0.2, 0.25) is 0 Å². The quantitative estimate of drug-likeness (QED) is 0.801. The molecule has 0 aromatic carbocycles. The summed E-state index contributed by atoms with van der Waals surface area (Å²) < 4.78 is 11.6. The molecule has 2 aromatic heterocycles. The van der Waals surface area contributed by atoms with Crippen molar-refractivity contribution in [2.24, 2.45) is 0 Å². The van der Waals surface area contributed by atoms with E-state index in [4.69, 9.17) is 14.1 Å². The molecule has 0 saturated carbocycles. The van der Waals surface area contributed by atoms with Gasteiger partial charge >= 0.3 is 0 Å². The molecule has 0 spiro atoms. The van der Waals surface area contributed by atoms with Crippen molar-refractivity contribution in [1.82, 2.24) is 9.88 Å². The number of nitrogens with one attached hydrogen (secondary N) is 1. The van der Waals surface area contributed by atoms with Gasteiger partial charge < -0.3 is 19.4 Å². The molecule has 1 N–H and O–H groups in total. The second kappa shape index (κ2) is 7.48. The third kappa shape index (κ3) is 3.90. The van der Waals surface area contributed by atoms with Gasteiger partial charge in [-0.05, 0) is 58.6 Å². The minimum absolute atomic E-state index is 0.303. The van der Waals surface area contributed by atoms with E-state index >= 15 is 0 Å². The van der Waals surface area contributed by atoms with Crippen molar-refractivity contribution in [3.8, 4) is 17.5 Å². The van der Waals surface area contributed by atoms with Gasteiger partial charge in [-0.1, -0.05) is 0 Å². The summed E-state index contributed by atoms with van der Waals surface area (Å²) in [5.74, 6) is 1.33. The second-order valence-corrected chi connectivity index (χ2v) is 7.54. The van der Waals surface area contributed by atoms with E-state index < -0.39 is 0 Å². The largest absolute Gasteiger partial charge is 0.463 e. The number of ether oxygens (including phenoxy) is 1. The molecule has 2 aromatic rings. The van der Waals surface area contributed by atoms with Crippen molar-refractivity contribution in [3.05, 3.63) is 35.1 Å². The van der Waals surface area contributed by atoms with Gasteiger partial charge in [0.1, 0.15) is 17.6 Å². The van der Waals surface area contributed by atoms with Crippen molar-refractivity contribution in [1.29, 1.82) is 5.26 Å². The molecule has 0 atom stereocenters. The van der Waals surface area contributed by atoms with Crippen LogP contribution in [0.3, 0.4) is 0 Å². The molecule has 6 nitrogen and oxygen atoms in total. The molecule has 0 radical (unpaired) electrons. The van der Waals surface area contributed by atoms with E-state index in [1.165, 1.54) is 0 Å². The Bertz CT molecular complexity index is 804. The molecular weight excluding hydrogens is 328 g/mol. The van der Waals surface area contributed by atoms with Gasteiger partial charge in [0, 0.05) is 18.5 Å². The van der Waals surface area contributed by atoms with Crippen LogP contribution in [-0.2, 0) is 17.8 Å². The highest BCUT2D eigenvalue weighted by molar-refractivity contribution is 5.69. The molecular formula is C20H26N4O2. The molecule has 0 amide bonds. The zero-order valence-electron chi connectivity index (χ0n) is 15.9. The van der Waals surface area contributed by atoms with Crippen LogP contribution in [0.5, 0.6) is 0 Å². The van der Waals surface area contributed by atoms with E-state index in [-0.39, 0.29) is 5.60 Å². The van der Waals surface area contributed by atoms with Crippen LogP contribution in [0.25, 0.3) is 11.5 Å². The normalized spacial score (nSPS) is 15.5. The van der Waals surface area contributed by atoms with Crippen LogP contribution in [0.4, 0.5) is 5.82 Å². The molecule has 3 heterocycles. The minimum Gasteiger partial charge on any atom is -0.463 e. The Kier molecular flexibility index (Phi) is 5.30. The predicted octanol–water partition coefficient (Wildman–Crippen LogP) is 3.43. The summed E-state index contributed by atoms with van der Waals surface area (Å²) in [6, 6.07) is 6.10. The Morgan fingerprint density at radius 1 is 1.35 bits per heavy atom. The highest BCUT2D eigenvalue weighted by Crippen LogP contribution is 2.37. The second-order valence-electron chi connectivity index (χ2n) is 7.54. The third-order valence-electron chi connectivity index (χ3n) is 4.56. The Morgan fingerprint density at radius 3 is 2.81 bits per heavy atom. The lowest BCUT2D eigenvalue weighted by molar-refractivity contribution is -0.0400. The van der Waals surface area contributed by atoms with Gasteiger partial charge in [-0.3, -0.25) is 0 Å². The molecule has 1 aliphatic rings. The molecule has 138 valence electrons. The summed E-state index contributed by atoms with van der Waals surface area (Å²) in [5, 5.41) is 13.2. The number of hydrogen-bond acceptors (Lipinski definition) is 6. The van der Waals surface area contributed by atoms with E-state index in [0.29, 0.717) is 30.2 Å². The fourth-order valence-corrected chi connectivity index (χ4v) is 3.23. The molecule has 0 fully saturated rings. The van der Waals surface area contributed by atoms with Crippen molar-refractivity contribution in [3.63, 3.8) is 0 Å². The van der Waals surface area contributed by atoms with Gasteiger partial charge in [0.05, 0.1) is 24.0 Å². The number of pyridine rings is 1. The maximum Gasteiger partial charge on any atom is 0.152 e. The average Bonchev–Trinajstić information content (AvgIpc) is 3.11. The summed E-state index contributed by atoms with van der Waals surface area (Å²) >= 11 is 0. The van der Waals surface area contributed by atoms with Crippen molar-refractivity contribution in [2.45, 2.75) is 38.9 Å². The van der Waals surface area contributed by atoms with Crippen LogP contribution in [-0.4, -0.2) is 42.7 Å². The van der Waals surface area contributed by atoms with E-state index in [1.807, 2.05) is 26.0 Å². The van der Waals surface area contributed by atoms with Crippen LogP contribution in [0.1, 0.15) is 37.0 Å². The minimum atomic E-state index is -0.303. The summed E-state index contributed by atoms with van der Waals surface area (Å²) in [6.45, 7) is 6.27. The number of rotatable bonds is 6. The molecule has 0 unspecified atom stereocenters. The summed E-state index contributed by atoms with van der Waals surface area (Å²) in [6.07, 6.45) is 3.29. The number of aromatic nitrogens is 1. The monoisotopic (exact) mass is 354 g/mol. The van der Waals surface area contributed by atoms with Crippen LogP contribution in [0.15, 0.2) is 22.8 Å². The average molecular weight is 354 g/mol. The van der Waals surface area contributed by atoms with Crippen LogP contribution in [0.2, 0.25) is 0 Å². The molecule has 3 rings (SSSR count). The molecule has 6 heteroatoms. The number of anilines is 1. The fourth-order valence-electron chi connectivity index (χ4n) is 3.23. The van der Waals surface area contributed by atoms with E-state index in [1.54, 1.807) is 6.26 Å². The molecule has 0 aliphatic carbocycles. The lowest BCUT2D eigenvalue weighted by atomic mass is 9.87. The zero-order chi connectivity index (χ0) is 18.7. The van der Waals surface area contributed by atoms with Gasteiger partial charge in [0.25, 0.3) is 0 Å². The van der Waals surface area contributed by atoms with Crippen LogP contribution in [0, 0.1) is 11.3 Å². The smallest absolute Gasteiger partial charge is 0.152 e. The highest BCUT2D eigenvalue weighted by Gasteiger charge is 2.32. The van der Waals surface area contributed by atoms with Crippen molar-refractivity contribution >= 4 is 5.82 Å². The topological polar surface area (TPSA) is 74.3 Å². The predicted molar refractivity (Wildman–Crippen MR) is 101 cm³/mol. The molecule has 26 heavy (non-hydrogen) atoms. The first kappa shape index (κ1) is 18.4. The number of hydrogen-bond donors (Lipinski definition) is 1. The first-order valence-electron chi connectivity index (χ1n) is 8.93. The Labute approximate surface area is 154 Å². The van der Waals surface area contributed by atoms with E-state index in [9.17, 15) is 5.26 Å². The summed E-state index contributed by atoms with van der Waals surface area (Å²) in [4.78, 5) is 6.88. The van der Waals surface area contributed by atoms with Crippen LogP contribution >= 0.6 is 0 Å². The Morgan fingerprint density at radius 2 is 2.15 bits per heavy atom. The highest BCUT2D eigenvalue weighted by atomic mass is 16.5. The lowest BCUT2D eigenvalue weighted by Crippen LogP contribution is -2.33. The maximum atomic E-state index is 9.81. The summed E-state index contributed by atoms with van der Waals surface area (Å²) in [5.41, 5.74) is 3.05. The lowest BCUT2D eigenvalue weighted by Gasteiger charge is -2.33. The van der Waals surface area contributed by atoms with E-state index in [0.717, 1.165) is 36.3 Å². The van der Waals surface area contributed by atoms with Gasteiger partial charge in [-0.2, -0.15) is 5.26 Å². The van der Waals surface area contributed by atoms with Gasteiger partial charge in [0.15, 0.2) is 5.76 Å². The van der Waals surface area contributed by atoms with Crippen molar-refractivity contribution in [2.75, 3.05) is 32.5 Å². The fraction of sp³-hybridized carbons (Fsp3) is 0.500. The number of furan rings is 1. The van der Waals surface area contributed by atoms with Gasteiger partial charge in [-0.15, -0.1) is 0 Å². The molecule has 1 aliphatic heterocycles. The summed E-state index contributed by atoms with van der Waals surface area (Å²) in [7, 11) is 4.10. The first-order chi connectivity index (χ1) is 12.4. The SMILES string of the molecule is CN(C)CCCNc1nc(-c2ccco2)c2c(c1C#N)CC(C)(C)OC2. The van der Waals surface area contributed by atoms with E-state index in [2.05, 4.69) is 30.4 Å². The zero-order valence-corrected chi connectivity index (χ0v) is 15.9. The first-order valence-corrected chi connectivity index (χ1v) is 8.93. The maximum absolute atomic E-state index is 9.81. The standard InChI is InChI=1S/C20H26N4O2/c1-20(2)11-14-15(12-21)19(22-8-6-9-24(3)4)23-18(16(14)13-26-20)17-7-5-10-25-17/h5,7,10H,6,8-9,11,13H2,1-4H3,(H,22,23). The number of fused-ring (bicyclic) bond motifs is 1. The van der Waals surface area contributed by atoms with Crippen molar-refractivity contribution < 1.29 is 9.15 Å². The molecule has 0 bridgehead atoms. The third-order valence-corrected chi connectivity index (χ3v) is 4.56. The van der Waals surface area contributed by atoms with Crippen LogP contribution < -0.4 is 5.32 Å².